The molecule has 1 unspecified atom stereocenters. The summed E-state index contributed by atoms with van der Waals surface area (Å²) in [6.45, 7) is 2.53. The van der Waals surface area contributed by atoms with Gasteiger partial charge in [0.15, 0.2) is 0 Å². The lowest BCUT2D eigenvalue weighted by molar-refractivity contribution is -0.138. The number of nitrogens with zero attached hydrogens (tertiary/aromatic N) is 1. The molecule has 4 heteroatoms. The maximum atomic E-state index is 10.5. The van der Waals surface area contributed by atoms with Gasteiger partial charge in [-0.3, -0.25) is 9.69 Å². The molecule has 4 nitrogen and oxygen atoms in total. The maximum Gasteiger partial charge on any atom is 0.304 e. The van der Waals surface area contributed by atoms with E-state index in [9.17, 15) is 4.79 Å². The zero-order chi connectivity index (χ0) is 10.6. The van der Waals surface area contributed by atoms with Crippen molar-refractivity contribution in [2.24, 2.45) is 0 Å². The summed E-state index contributed by atoms with van der Waals surface area (Å²) in [6, 6.07) is 3.72. The van der Waals surface area contributed by atoms with Crippen LogP contribution in [0.4, 0.5) is 0 Å². The molecule has 0 aliphatic rings. The number of rotatable bonds is 5. The Hall–Kier alpha value is -1.29. The Morgan fingerprint density at radius 2 is 2.43 bits per heavy atom. The second-order valence-electron chi connectivity index (χ2n) is 3.44. The van der Waals surface area contributed by atoms with E-state index in [4.69, 9.17) is 9.52 Å². The van der Waals surface area contributed by atoms with Gasteiger partial charge < -0.3 is 9.52 Å². The van der Waals surface area contributed by atoms with Crippen LogP contribution in [0.5, 0.6) is 0 Å². The van der Waals surface area contributed by atoms with Crippen molar-refractivity contribution in [3.05, 3.63) is 24.2 Å². The molecule has 1 atom stereocenters. The summed E-state index contributed by atoms with van der Waals surface area (Å²) in [5.74, 6) is 0.0773. The lowest BCUT2D eigenvalue weighted by Gasteiger charge is -2.21. The standard InChI is InChI=1S/C10H15NO3/c1-8(6-10(12)13)11(2)7-9-4-3-5-14-9/h3-5,8H,6-7H2,1-2H3,(H,12,13). The van der Waals surface area contributed by atoms with Crippen LogP contribution in [-0.2, 0) is 11.3 Å². The number of hydrogen-bond acceptors (Lipinski definition) is 3. The first-order valence-electron chi connectivity index (χ1n) is 4.54. The summed E-state index contributed by atoms with van der Waals surface area (Å²) in [5.41, 5.74) is 0. The Morgan fingerprint density at radius 1 is 1.71 bits per heavy atom. The van der Waals surface area contributed by atoms with Gasteiger partial charge in [-0.1, -0.05) is 0 Å². The van der Waals surface area contributed by atoms with E-state index in [0.717, 1.165) is 5.76 Å². The molecular weight excluding hydrogens is 182 g/mol. The van der Waals surface area contributed by atoms with Gasteiger partial charge in [-0.25, -0.2) is 0 Å². The number of aliphatic carboxylic acids is 1. The predicted molar refractivity (Wildman–Crippen MR) is 51.9 cm³/mol. The van der Waals surface area contributed by atoms with E-state index in [-0.39, 0.29) is 12.5 Å². The highest BCUT2D eigenvalue weighted by atomic mass is 16.4. The number of carbonyl (C=O) groups is 1. The van der Waals surface area contributed by atoms with Gasteiger partial charge in [-0.2, -0.15) is 0 Å². The summed E-state index contributed by atoms with van der Waals surface area (Å²) in [7, 11) is 1.89. The van der Waals surface area contributed by atoms with Crippen LogP contribution >= 0.6 is 0 Å². The highest BCUT2D eigenvalue weighted by molar-refractivity contribution is 5.67. The van der Waals surface area contributed by atoms with E-state index >= 15 is 0 Å². The van der Waals surface area contributed by atoms with Crippen molar-refractivity contribution in [2.75, 3.05) is 7.05 Å². The molecular formula is C10H15NO3. The SMILES string of the molecule is CC(CC(=O)O)N(C)Cc1ccco1. The van der Waals surface area contributed by atoms with Crippen molar-refractivity contribution < 1.29 is 14.3 Å². The van der Waals surface area contributed by atoms with Crippen molar-refractivity contribution in [2.45, 2.75) is 25.9 Å². The fourth-order valence-electron chi connectivity index (χ4n) is 1.21. The van der Waals surface area contributed by atoms with Crippen molar-refractivity contribution in [1.82, 2.24) is 4.90 Å². The molecule has 1 rings (SSSR count). The molecule has 1 aromatic heterocycles. The van der Waals surface area contributed by atoms with Gasteiger partial charge in [-0.15, -0.1) is 0 Å². The molecule has 1 heterocycles. The summed E-state index contributed by atoms with van der Waals surface area (Å²) in [5, 5.41) is 8.61. The molecule has 0 fully saturated rings. The molecule has 0 amide bonds. The van der Waals surface area contributed by atoms with E-state index in [1.54, 1.807) is 6.26 Å². The molecule has 0 aliphatic carbocycles. The fraction of sp³-hybridized carbons (Fsp3) is 0.500. The van der Waals surface area contributed by atoms with Crippen LogP contribution in [0.15, 0.2) is 22.8 Å². The number of furan rings is 1. The van der Waals surface area contributed by atoms with Crippen LogP contribution in [0, 0.1) is 0 Å². The van der Waals surface area contributed by atoms with Gasteiger partial charge in [0.1, 0.15) is 5.76 Å². The van der Waals surface area contributed by atoms with Crippen molar-refractivity contribution in [3.63, 3.8) is 0 Å². The second-order valence-corrected chi connectivity index (χ2v) is 3.44. The lowest BCUT2D eigenvalue weighted by Crippen LogP contribution is -2.30. The van der Waals surface area contributed by atoms with Gasteiger partial charge in [0.05, 0.1) is 19.2 Å². The predicted octanol–water partition coefficient (Wildman–Crippen LogP) is 1.57. The van der Waals surface area contributed by atoms with E-state index in [0.29, 0.717) is 6.54 Å². The minimum absolute atomic E-state index is 0.0117. The molecule has 78 valence electrons. The van der Waals surface area contributed by atoms with Crippen molar-refractivity contribution in [1.29, 1.82) is 0 Å². The molecule has 0 bridgehead atoms. The van der Waals surface area contributed by atoms with Gasteiger partial charge in [-0.05, 0) is 26.1 Å². The van der Waals surface area contributed by atoms with Crippen molar-refractivity contribution >= 4 is 5.97 Å². The minimum atomic E-state index is -0.774. The normalized spacial score (nSPS) is 13.1. The largest absolute Gasteiger partial charge is 0.481 e. The van der Waals surface area contributed by atoms with E-state index < -0.39 is 5.97 Å². The number of carboxylic acids is 1. The Kier molecular flexibility index (Phi) is 3.71. The maximum absolute atomic E-state index is 10.5. The van der Waals surface area contributed by atoms with Crippen LogP contribution in [0.1, 0.15) is 19.1 Å². The Bertz CT molecular complexity index is 282. The third-order valence-electron chi connectivity index (χ3n) is 2.21. The molecule has 0 spiro atoms. The van der Waals surface area contributed by atoms with Gasteiger partial charge >= 0.3 is 5.97 Å². The lowest BCUT2D eigenvalue weighted by atomic mass is 10.2. The smallest absolute Gasteiger partial charge is 0.304 e. The molecule has 0 aromatic carbocycles. The molecule has 0 aliphatic heterocycles. The average Bonchev–Trinajstić information content (AvgIpc) is 2.55. The topological polar surface area (TPSA) is 53.7 Å². The average molecular weight is 197 g/mol. The highest BCUT2D eigenvalue weighted by Crippen LogP contribution is 2.08. The first-order valence-corrected chi connectivity index (χ1v) is 4.54. The monoisotopic (exact) mass is 197 g/mol. The van der Waals surface area contributed by atoms with Crippen LogP contribution in [0.3, 0.4) is 0 Å². The van der Waals surface area contributed by atoms with E-state index in [1.165, 1.54) is 0 Å². The molecule has 1 aromatic rings. The molecule has 0 saturated heterocycles. The highest BCUT2D eigenvalue weighted by Gasteiger charge is 2.13. The summed E-state index contributed by atoms with van der Waals surface area (Å²) < 4.78 is 5.17. The minimum Gasteiger partial charge on any atom is -0.481 e. The van der Waals surface area contributed by atoms with Gasteiger partial charge in [0.25, 0.3) is 0 Å². The van der Waals surface area contributed by atoms with Crippen LogP contribution in [0.25, 0.3) is 0 Å². The van der Waals surface area contributed by atoms with Gasteiger partial charge in [0.2, 0.25) is 0 Å². The third-order valence-corrected chi connectivity index (χ3v) is 2.21. The fourth-order valence-corrected chi connectivity index (χ4v) is 1.21. The Balaban J connectivity index is 2.41. The Labute approximate surface area is 83.1 Å². The third kappa shape index (κ3) is 3.22. The molecule has 1 N–H and O–H groups in total. The number of hydrogen-bond donors (Lipinski definition) is 1. The number of carboxylic acid groups (broad SMARTS) is 1. The summed E-state index contributed by atoms with van der Waals surface area (Å²) >= 11 is 0. The molecule has 0 radical (unpaired) electrons. The first kappa shape index (κ1) is 10.8. The van der Waals surface area contributed by atoms with Crippen LogP contribution in [0.2, 0.25) is 0 Å². The van der Waals surface area contributed by atoms with Crippen LogP contribution in [-0.4, -0.2) is 29.1 Å². The first-order chi connectivity index (χ1) is 6.59. The Morgan fingerprint density at radius 3 is 2.93 bits per heavy atom. The zero-order valence-corrected chi connectivity index (χ0v) is 8.43. The van der Waals surface area contributed by atoms with E-state index in [1.807, 2.05) is 31.0 Å². The van der Waals surface area contributed by atoms with Crippen molar-refractivity contribution in [3.8, 4) is 0 Å². The zero-order valence-electron chi connectivity index (χ0n) is 8.43. The molecule has 14 heavy (non-hydrogen) atoms. The van der Waals surface area contributed by atoms with Crippen LogP contribution < -0.4 is 0 Å². The summed E-state index contributed by atoms with van der Waals surface area (Å²) in [4.78, 5) is 12.4. The van der Waals surface area contributed by atoms with Gasteiger partial charge in [0, 0.05) is 6.04 Å². The molecule has 0 saturated carbocycles. The summed E-state index contributed by atoms with van der Waals surface area (Å²) in [6.07, 6.45) is 1.77. The van der Waals surface area contributed by atoms with E-state index in [2.05, 4.69) is 0 Å². The quantitative estimate of drug-likeness (QED) is 0.778. The second kappa shape index (κ2) is 4.81.